The molecule has 0 atom stereocenters. The van der Waals surface area contributed by atoms with Crippen LogP contribution < -0.4 is 0 Å². The highest BCUT2D eigenvalue weighted by molar-refractivity contribution is 7.15. The highest BCUT2D eigenvalue weighted by Crippen LogP contribution is 2.28. The van der Waals surface area contributed by atoms with Crippen molar-refractivity contribution in [2.75, 3.05) is 0 Å². The summed E-state index contributed by atoms with van der Waals surface area (Å²) in [5, 5.41) is 9.30. The molecule has 1 aromatic carbocycles. The molecule has 0 aliphatic rings. The van der Waals surface area contributed by atoms with Crippen LogP contribution in [0.25, 0.3) is 10.6 Å². The number of aryl methyl sites for hydroxylation is 2. The lowest BCUT2D eigenvalue weighted by Crippen LogP contribution is -1.95. The summed E-state index contributed by atoms with van der Waals surface area (Å²) < 4.78 is 1.74. The van der Waals surface area contributed by atoms with Crippen LogP contribution in [0, 0.1) is 6.92 Å². The molecular formula is C17H18N4OS. The summed E-state index contributed by atoms with van der Waals surface area (Å²) >= 11 is 1.64. The molecule has 0 radical (unpaired) electrons. The monoisotopic (exact) mass is 326 g/mol. The fourth-order valence-corrected chi connectivity index (χ4v) is 3.09. The van der Waals surface area contributed by atoms with Gasteiger partial charge in [-0.15, -0.1) is 11.3 Å². The van der Waals surface area contributed by atoms with Gasteiger partial charge in [0, 0.05) is 24.4 Å². The summed E-state index contributed by atoms with van der Waals surface area (Å²) in [4.78, 5) is 11.2. The van der Waals surface area contributed by atoms with Gasteiger partial charge in [-0.3, -0.25) is 4.68 Å². The lowest BCUT2D eigenvalue weighted by atomic mass is 10.2. The fraction of sp³-hybridized carbons (Fsp3) is 0.235. The molecule has 0 bridgehead atoms. The van der Waals surface area contributed by atoms with Gasteiger partial charge in [0.2, 0.25) is 0 Å². The first-order chi connectivity index (χ1) is 11.1. The van der Waals surface area contributed by atoms with Crippen LogP contribution in [-0.4, -0.2) is 20.5 Å². The first-order valence-corrected chi connectivity index (χ1v) is 8.12. The first-order valence-electron chi connectivity index (χ1n) is 7.31. The molecule has 0 saturated heterocycles. The van der Waals surface area contributed by atoms with Crippen LogP contribution >= 0.6 is 11.3 Å². The van der Waals surface area contributed by atoms with E-state index in [9.17, 15) is 0 Å². The van der Waals surface area contributed by atoms with Gasteiger partial charge in [-0.2, -0.15) is 5.10 Å². The maximum absolute atomic E-state index is 5.50. The maximum atomic E-state index is 5.50. The molecule has 0 fully saturated rings. The topological polar surface area (TPSA) is 52.3 Å². The largest absolute Gasteiger partial charge is 0.390 e. The zero-order chi connectivity index (χ0) is 16.2. The second-order valence-corrected chi connectivity index (χ2v) is 6.33. The number of oxime groups is 1. The van der Waals surface area contributed by atoms with E-state index >= 15 is 0 Å². The Balaban J connectivity index is 1.68. The van der Waals surface area contributed by atoms with E-state index in [-0.39, 0.29) is 0 Å². The van der Waals surface area contributed by atoms with Crippen LogP contribution in [0.3, 0.4) is 0 Å². The predicted molar refractivity (Wildman–Crippen MR) is 92.5 cm³/mol. The van der Waals surface area contributed by atoms with Crippen LogP contribution in [0.5, 0.6) is 0 Å². The van der Waals surface area contributed by atoms with Crippen molar-refractivity contribution in [3.8, 4) is 10.6 Å². The SMILES string of the molecule is C/C(=N\OCc1sc(-c2ccccc2)nc1C)c1cnn(C)c1. The highest BCUT2D eigenvalue weighted by atomic mass is 32.1. The molecule has 2 aromatic heterocycles. The summed E-state index contributed by atoms with van der Waals surface area (Å²) in [5.41, 5.74) is 3.88. The number of benzene rings is 1. The number of nitrogens with zero attached hydrogens (tertiary/aromatic N) is 4. The number of aromatic nitrogens is 3. The van der Waals surface area contributed by atoms with E-state index in [0.717, 1.165) is 32.4 Å². The molecule has 3 aromatic rings. The van der Waals surface area contributed by atoms with E-state index in [1.165, 1.54) is 0 Å². The second kappa shape index (κ2) is 6.75. The Hall–Kier alpha value is -2.47. The minimum absolute atomic E-state index is 0.425. The van der Waals surface area contributed by atoms with E-state index in [0.29, 0.717) is 6.61 Å². The van der Waals surface area contributed by atoms with Gasteiger partial charge in [0.1, 0.15) is 5.01 Å². The molecule has 6 heteroatoms. The normalized spacial score (nSPS) is 11.7. The van der Waals surface area contributed by atoms with Gasteiger partial charge in [0.25, 0.3) is 0 Å². The Labute approximate surface area is 139 Å². The molecule has 118 valence electrons. The highest BCUT2D eigenvalue weighted by Gasteiger charge is 2.10. The predicted octanol–water partition coefficient (Wildman–Crippen LogP) is 3.79. The minimum atomic E-state index is 0.425. The van der Waals surface area contributed by atoms with Crippen LogP contribution in [-0.2, 0) is 18.5 Å². The third kappa shape index (κ3) is 3.65. The van der Waals surface area contributed by atoms with E-state index in [1.807, 2.05) is 45.3 Å². The molecule has 0 N–H and O–H groups in total. The third-order valence-electron chi connectivity index (χ3n) is 3.43. The number of hydrogen-bond acceptors (Lipinski definition) is 5. The van der Waals surface area contributed by atoms with Crippen molar-refractivity contribution in [2.45, 2.75) is 20.5 Å². The zero-order valence-electron chi connectivity index (χ0n) is 13.4. The Bertz CT molecular complexity index is 820. The van der Waals surface area contributed by atoms with Gasteiger partial charge < -0.3 is 4.84 Å². The molecular weight excluding hydrogens is 308 g/mol. The van der Waals surface area contributed by atoms with Crippen LogP contribution in [0.15, 0.2) is 47.9 Å². The molecule has 0 saturated carbocycles. The van der Waals surface area contributed by atoms with E-state index < -0.39 is 0 Å². The van der Waals surface area contributed by atoms with E-state index in [2.05, 4.69) is 27.4 Å². The maximum Gasteiger partial charge on any atom is 0.153 e. The number of rotatable bonds is 5. The molecule has 3 rings (SSSR count). The van der Waals surface area contributed by atoms with Gasteiger partial charge >= 0.3 is 0 Å². The molecule has 5 nitrogen and oxygen atoms in total. The Morgan fingerprint density at radius 3 is 2.78 bits per heavy atom. The van der Waals surface area contributed by atoms with Crippen molar-refractivity contribution in [2.24, 2.45) is 12.2 Å². The van der Waals surface area contributed by atoms with E-state index in [4.69, 9.17) is 4.84 Å². The van der Waals surface area contributed by atoms with Gasteiger partial charge in [-0.25, -0.2) is 4.98 Å². The first kappa shape index (κ1) is 15.4. The Morgan fingerprint density at radius 1 is 1.30 bits per heavy atom. The lowest BCUT2D eigenvalue weighted by Gasteiger charge is -1.99. The smallest absolute Gasteiger partial charge is 0.153 e. The van der Waals surface area contributed by atoms with Crippen molar-refractivity contribution in [3.63, 3.8) is 0 Å². The van der Waals surface area contributed by atoms with Gasteiger partial charge in [0.15, 0.2) is 6.61 Å². The third-order valence-corrected chi connectivity index (χ3v) is 4.61. The number of hydrogen-bond donors (Lipinski definition) is 0. The van der Waals surface area contributed by atoms with Crippen molar-refractivity contribution < 1.29 is 4.84 Å². The molecule has 0 spiro atoms. The summed E-state index contributed by atoms with van der Waals surface area (Å²) in [6, 6.07) is 10.2. The van der Waals surface area contributed by atoms with Crippen molar-refractivity contribution >= 4 is 17.0 Å². The van der Waals surface area contributed by atoms with Crippen molar-refractivity contribution in [1.82, 2.24) is 14.8 Å². The van der Waals surface area contributed by atoms with Crippen LogP contribution in [0.4, 0.5) is 0 Å². The summed E-state index contributed by atoms with van der Waals surface area (Å²) in [5.74, 6) is 0. The molecule has 0 amide bonds. The molecule has 0 aliphatic heterocycles. The van der Waals surface area contributed by atoms with Gasteiger partial charge in [0.05, 0.1) is 22.5 Å². The van der Waals surface area contributed by atoms with Crippen LogP contribution in [0.1, 0.15) is 23.1 Å². The van der Waals surface area contributed by atoms with Gasteiger partial charge in [-0.1, -0.05) is 35.5 Å². The van der Waals surface area contributed by atoms with Crippen molar-refractivity contribution in [1.29, 1.82) is 0 Å². The molecule has 0 unspecified atom stereocenters. The molecule has 23 heavy (non-hydrogen) atoms. The minimum Gasteiger partial charge on any atom is -0.390 e. The molecule has 2 heterocycles. The quantitative estimate of drug-likeness (QED) is 0.529. The number of thiazole rings is 1. The fourth-order valence-electron chi connectivity index (χ4n) is 2.11. The average Bonchev–Trinajstić information content (AvgIpc) is 3.15. The average molecular weight is 326 g/mol. The lowest BCUT2D eigenvalue weighted by molar-refractivity contribution is 0.132. The summed E-state index contributed by atoms with van der Waals surface area (Å²) in [6.45, 7) is 4.33. The second-order valence-electron chi connectivity index (χ2n) is 5.25. The Morgan fingerprint density at radius 2 is 2.09 bits per heavy atom. The van der Waals surface area contributed by atoms with Crippen LogP contribution in [0.2, 0.25) is 0 Å². The molecule has 0 aliphatic carbocycles. The van der Waals surface area contributed by atoms with Gasteiger partial charge in [-0.05, 0) is 13.8 Å². The van der Waals surface area contributed by atoms with Crippen molar-refractivity contribution in [3.05, 3.63) is 58.9 Å². The van der Waals surface area contributed by atoms with E-state index in [1.54, 1.807) is 22.2 Å². The standard InChI is InChI=1S/C17H18N4OS/c1-12(15-9-18-21(3)10-15)20-22-11-16-13(2)19-17(23-16)14-7-5-4-6-8-14/h4-10H,11H2,1-3H3/b20-12+. The summed E-state index contributed by atoms with van der Waals surface area (Å²) in [6.07, 6.45) is 3.68. The zero-order valence-corrected chi connectivity index (χ0v) is 14.2. The summed E-state index contributed by atoms with van der Waals surface area (Å²) in [7, 11) is 1.88. The Kier molecular flexibility index (Phi) is 4.52.